The van der Waals surface area contributed by atoms with Gasteiger partial charge in [0.2, 0.25) is 0 Å². The van der Waals surface area contributed by atoms with Crippen LogP contribution >= 0.6 is 0 Å². The normalized spacial score (nSPS) is 12.9. The highest BCUT2D eigenvalue weighted by molar-refractivity contribution is 6.39. The number of rotatable bonds is 5. The fourth-order valence-corrected chi connectivity index (χ4v) is 2.81. The Morgan fingerprint density at radius 1 is 0.935 bits per heavy atom. The predicted octanol–water partition coefficient (Wildman–Crippen LogP) is 5.46. The summed E-state index contributed by atoms with van der Waals surface area (Å²) in [4.78, 5) is 24.3. The SMILES string of the molecule is CCC[C@@H](NC(=O)C(=O)Nc1ccc(F)cc1C(F)(F)F)c1cccc(C(F)(F)F)c1. The van der Waals surface area contributed by atoms with Crippen molar-refractivity contribution in [1.82, 2.24) is 5.32 Å². The van der Waals surface area contributed by atoms with E-state index in [0.717, 1.165) is 18.2 Å². The van der Waals surface area contributed by atoms with Crippen LogP contribution in [0.4, 0.5) is 36.4 Å². The summed E-state index contributed by atoms with van der Waals surface area (Å²) in [5.74, 6) is -4.03. The van der Waals surface area contributed by atoms with E-state index in [1.165, 1.54) is 6.07 Å². The lowest BCUT2D eigenvalue weighted by Crippen LogP contribution is -2.38. The van der Waals surface area contributed by atoms with Gasteiger partial charge in [-0.3, -0.25) is 9.59 Å². The highest BCUT2D eigenvalue weighted by atomic mass is 19.4. The summed E-state index contributed by atoms with van der Waals surface area (Å²) in [7, 11) is 0. The number of hydrogen-bond acceptors (Lipinski definition) is 2. The van der Waals surface area contributed by atoms with Crippen molar-refractivity contribution in [3.63, 3.8) is 0 Å². The highest BCUT2D eigenvalue weighted by Gasteiger charge is 2.35. The van der Waals surface area contributed by atoms with Crippen molar-refractivity contribution in [2.75, 3.05) is 5.32 Å². The largest absolute Gasteiger partial charge is 0.418 e. The van der Waals surface area contributed by atoms with Crippen LogP contribution in [0.1, 0.15) is 42.5 Å². The maximum absolute atomic E-state index is 13.2. The van der Waals surface area contributed by atoms with Crippen LogP contribution in [0.25, 0.3) is 0 Å². The third-order valence-corrected chi connectivity index (χ3v) is 4.24. The maximum atomic E-state index is 13.2. The van der Waals surface area contributed by atoms with E-state index in [1.807, 2.05) is 0 Å². The van der Waals surface area contributed by atoms with Gasteiger partial charge in [-0.05, 0) is 42.3 Å². The van der Waals surface area contributed by atoms with Gasteiger partial charge < -0.3 is 10.6 Å². The average molecular weight is 450 g/mol. The zero-order valence-corrected chi connectivity index (χ0v) is 16.0. The number of amides is 2. The highest BCUT2D eigenvalue weighted by Crippen LogP contribution is 2.35. The molecule has 2 amide bonds. The van der Waals surface area contributed by atoms with Crippen LogP contribution in [0.2, 0.25) is 0 Å². The van der Waals surface area contributed by atoms with E-state index >= 15 is 0 Å². The molecule has 4 nitrogen and oxygen atoms in total. The molecule has 0 aliphatic heterocycles. The van der Waals surface area contributed by atoms with Crippen LogP contribution in [0.5, 0.6) is 0 Å². The molecule has 0 heterocycles. The van der Waals surface area contributed by atoms with Crippen molar-refractivity contribution < 1.29 is 40.3 Å². The van der Waals surface area contributed by atoms with Gasteiger partial charge in [0.25, 0.3) is 0 Å². The molecule has 0 radical (unpaired) electrons. The van der Waals surface area contributed by atoms with Crippen LogP contribution in [-0.2, 0) is 21.9 Å². The Balaban J connectivity index is 2.22. The fourth-order valence-electron chi connectivity index (χ4n) is 2.81. The topological polar surface area (TPSA) is 58.2 Å². The lowest BCUT2D eigenvalue weighted by atomic mass is 10.00. The van der Waals surface area contributed by atoms with Crippen LogP contribution in [0.3, 0.4) is 0 Å². The second-order valence-corrected chi connectivity index (χ2v) is 6.58. The number of benzene rings is 2. The lowest BCUT2D eigenvalue weighted by Gasteiger charge is -2.20. The first-order valence-corrected chi connectivity index (χ1v) is 8.98. The van der Waals surface area contributed by atoms with Crippen LogP contribution in [0, 0.1) is 5.82 Å². The minimum atomic E-state index is -5.00. The monoisotopic (exact) mass is 450 g/mol. The van der Waals surface area contributed by atoms with E-state index in [1.54, 1.807) is 12.2 Å². The molecule has 31 heavy (non-hydrogen) atoms. The minimum Gasteiger partial charge on any atom is -0.341 e. The first-order chi connectivity index (χ1) is 14.3. The van der Waals surface area contributed by atoms with E-state index < -0.39 is 52.8 Å². The molecule has 0 aromatic heterocycles. The van der Waals surface area contributed by atoms with Gasteiger partial charge in [-0.1, -0.05) is 25.5 Å². The van der Waals surface area contributed by atoms with Crippen molar-refractivity contribution in [3.05, 3.63) is 65.0 Å². The van der Waals surface area contributed by atoms with Gasteiger partial charge in [0.15, 0.2) is 0 Å². The zero-order chi connectivity index (χ0) is 23.4. The Labute approximate surface area is 172 Å². The number of carbonyl (C=O) groups excluding carboxylic acids is 2. The van der Waals surface area contributed by atoms with Gasteiger partial charge in [0.1, 0.15) is 5.82 Å². The molecule has 0 fully saturated rings. The predicted molar refractivity (Wildman–Crippen MR) is 97.3 cm³/mol. The summed E-state index contributed by atoms with van der Waals surface area (Å²) in [5.41, 5.74) is -3.20. The summed E-state index contributed by atoms with van der Waals surface area (Å²) in [6.07, 6.45) is -9.02. The van der Waals surface area contributed by atoms with Gasteiger partial charge in [-0.25, -0.2) is 4.39 Å². The molecule has 11 heteroatoms. The van der Waals surface area contributed by atoms with Crippen LogP contribution < -0.4 is 10.6 Å². The Kier molecular flexibility index (Phi) is 7.29. The molecular weight excluding hydrogens is 433 g/mol. The van der Waals surface area contributed by atoms with Crippen LogP contribution in [0.15, 0.2) is 42.5 Å². The van der Waals surface area contributed by atoms with Crippen molar-refractivity contribution in [2.45, 2.75) is 38.2 Å². The Morgan fingerprint density at radius 2 is 1.61 bits per heavy atom. The maximum Gasteiger partial charge on any atom is 0.418 e. The molecule has 2 aromatic rings. The number of halogens is 7. The number of nitrogens with one attached hydrogen (secondary N) is 2. The van der Waals surface area contributed by atoms with E-state index in [0.29, 0.717) is 18.6 Å². The first-order valence-electron chi connectivity index (χ1n) is 8.98. The third kappa shape index (κ3) is 6.43. The summed E-state index contributed by atoms with van der Waals surface area (Å²) >= 11 is 0. The van der Waals surface area contributed by atoms with Gasteiger partial charge in [-0.15, -0.1) is 0 Å². The molecule has 2 aromatic carbocycles. The smallest absolute Gasteiger partial charge is 0.341 e. The second-order valence-electron chi connectivity index (χ2n) is 6.58. The van der Waals surface area contributed by atoms with Crippen molar-refractivity contribution in [2.24, 2.45) is 0 Å². The van der Waals surface area contributed by atoms with E-state index in [4.69, 9.17) is 0 Å². The number of hydrogen-bond donors (Lipinski definition) is 2. The van der Waals surface area contributed by atoms with Gasteiger partial charge >= 0.3 is 24.2 Å². The molecule has 0 unspecified atom stereocenters. The van der Waals surface area contributed by atoms with E-state index in [2.05, 4.69) is 5.32 Å². The Morgan fingerprint density at radius 3 is 2.19 bits per heavy atom. The fraction of sp³-hybridized carbons (Fsp3) is 0.300. The second kappa shape index (κ2) is 9.36. The van der Waals surface area contributed by atoms with E-state index in [9.17, 15) is 40.3 Å². The van der Waals surface area contributed by atoms with Crippen molar-refractivity contribution >= 4 is 17.5 Å². The molecule has 0 aliphatic carbocycles. The van der Waals surface area contributed by atoms with Gasteiger partial charge in [-0.2, -0.15) is 26.3 Å². The molecule has 1 atom stereocenters. The molecule has 0 bridgehead atoms. The number of anilines is 1. The van der Waals surface area contributed by atoms with E-state index in [-0.39, 0.29) is 18.1 Å². The minimum absolute atomic E-state index is 0.0792. The number of alkyl halides is 6. The summed E-state index contributed by atoms with van der Waals surface area (Å²) in [5, 5.41) is 3.99. The van der Waals surface area contributed by atoms with Gasteiger partial charge in [0.05, 0.1) is 22.9 Å². The number of carbonyl (C=O) groups is 2. The van der Waals surface area contributed by atoms with Crippen LogP contribution in [-0.4, -0.2) is 11.8 Å². The molecule has 0 saturated heterocycles. The summed E-state index contributed by atoms with van der Waals surface area (Å²) < 4.78 is 91.1. The quantitative estimate of drug-likeness (QED) is 0.470. The average Bonchev–Trinajstić information content (AvgIpc) is 2.67. The molecule has 2 rings (SSSR count). The molecule has 0 aliphatic rings. The zero-order valence-electron chi connectivity index (χ0n) is 16.0. The molecule has 168 valence electrons. The lowest BCUT2D eigenvalue weighted by molar-refractivity contribution is -0.139. The Hall–Kier alpha value is -3.11. The van der Waals surface area contributed by atoms with Gasteiger partial charge in [0, 0.05) is 0 Å². The Bertz CT molecular complexity index is 955. The third-order valence-electron chi connectivity index (χ3n) is 4.24. The molecule has 0 saturated carbocycles. The summed E-state index contributed by atoms with van der Waals surface area (Å²) in [6.45, 7) is 1.70. The summed E-state index contributed by atoms with van der Waals surface area (Å²) in [6, 6.07) is 4.63. The first kappa shape index (κ1) is 24.2. The molecular formula is C20H17F7N2O2. The molecule has 0 spiro atoms. The van der Waals surface area contributed by atoms with Crippen molar-refractivity contribution in [3.8, 4) is 0 Å². The standard InChI is InChI=1S/C20H17F7N2O2/c1-2-4-15(11-5-3-6-12(9-11)19(22,23)24)28-17(30)18(31)29-16-8-7-13(21)10-14(16)20(25,26)27/h3,5-10,15H,2,4H2,1H3,(H,28,30)(H,29,31)/t15-/m1/s1. The van der Waals surface area contributed by atoms with Crippen molar-refractivity contribution in [1.29, 1.82) is 0 Å². The molecule has 2 N–H and O–H groups in total.